The van der Waals surface area contributed by atoms with Crippen LogP contribution in [0.5, 0.6) is 5.75 Å². The van der Waals surface area contributed by atoms with Crippen molar-refractivity contribution in [3.63, 3.8) is 0 Å². The summed E-state index contributed by atoms with van der Waals surface area (Å²) in [7, 11) is 0. The zero-order valence-corrected chi connectivity index (χ0v) is 11.6. The Bertz CT molecular complexity index is 684. The van der Waals surface area contributed by atoms with E-state index in [0.29, 0.717) is 6.42 Å². The highest BCUT2D eigenvalue weighted by atomic mass is 32.1. The van der Waals surface area contributed by atoms with Gasteiger partial charge in [-0.2, -0.15) is 0 Å². The second kappa shape index (κ2) is 5.40. The van der Waals surface area contributed by atoms with Crippen LogP contribution in [-0.4, -0.2) is 12.5 Å². The summed E-state index contributed by atoms with van der Waals surface area (Å²) < 4.78 is 5.45. The van der Waals surface area contributed by atoms with Crippen LogP contribution in [0.3, 0.4) is 0 Å². The molecule has 0 unspecified atom stereocenters. The topological polar surface area (TPSA) is 38.3 Å². The third-order valence-corrected chi connectivity index (χ3v) is 4.29. The predicted octanol–water partition coefficient (Wildman–Crippen LogP) is 3.23. The van der Waals surface area contributed by atoms with E-state index < -0.39 is 0 Å². The van der Waals surface area contributed by atoms with Gasteiger partial charge in [-0.1, -0.05) is 18.1 Å². The van der Waals surface area contributed by atoms with E-state index in [1.165, 1.54) is 4.88 Å². The molecule has 0 radical (unpaired) electrons. The first kappa shape index (κ1) is 12.8. The lowest BCUT2D eigenvalue weighted by atomic mass is 9.90. The van der Waals surface area contributed by atoms with E-state index in [9.17, 15) is 4.79 Å². The van der Waals surface area contributed by atoms with Gasteiger partial charge in [0.05, 0.1) is 5.69 Å². The zero-order chi connectivity index (χ0) is 13.9. The summed E-state index contributed by atoms with van der Waals surface area (Å²) in [5.41, 5.74) is 2.00. The van der Waals surface area contributed by atoms with Gasteiger partial charge in [-0.3, -0.25) is 4.79 Å². The molecule has 3 rings (SSSR count). The van der Waals surface area contributed by atoms with Crippen molar-refractivity contribution in [3.8, 4) is 18.1 Å². The van der Waals surface area contributed by atoms with Gasteiger partial charge in [0.2, 0.25) is 5.91 Å². The number of ether oxygens (including phenoxy) is 1. The maximum Gasteiger partial charge on any atom is 0.225 e. The molecule has 1 N–H and O–H groups in total. The quantitative estimate of drug-likeness (QED) is 0.878. The van der Waals surface area contributed by atoms with Crippen LogP contribution >= 0.6 is 11.3 Å². The van der Waals surface area contributed by atoms with E-state index in [4.69, 9.17) is 11.2 Å². The highest BCUT2D eigenvalue weighted by Crippen LogP contribution is 2.41. The maximum atomic E-state index is 11.8. The molecule has 0 fully saturated rings. The van der Waals surface area contributed by atoms with Crippen molar-refractivity contribution in [1.82, 2.24) is 0 Å². The SMILES string of the molecule is C#CCOc1cccc([C@H]2CC(=O)Nc3ccsc32)c1. The summed E-state index contributed by atoms with van der Waals surface area (Å²) in [6.45, 7) is 0.249. The fourth-order valence-electron chi connectivity index (χ4n) is 2.39. The van der Waals surface area contributed by atoms with E-state index >= 15 is 0 Å². The van der Waals surface area contributed by atoms with Crippen LogP contribution in [0.1, 0.15) is 22.8 Å². The molecule has 0 bridgehead atoms. The summed E-state index contributed by atoms with van der Waals surface area (Å²) in [6.07, 6.45) is 5.66. The number of thiophene rings is 1. The van der Waals surface area contributed by atoms with Gasteiger partial charge in [0.1, 0.15) is 12.4 Å². The Hall–Kier alpha value is -2.25. The Morgan fingerprint density at radius 3 is 3.20 bits per heavy atom. The minimum atomic E-state index is 0.0517. The molecule has 20 heavy (non-hydrogen) atoms. The minimum absolute atomic E-state index is 0.0517. The van der Waals surface area contributed by atoms with E-state index in [1.54, 1.807) is 11.3 Å². The standard InChI is InChI=1S/C16H13NO2S/c1-2-7-19-12-5-3-4-11(9-12)13-10-15(18)17-14-6-8-20-16(13)14/h1,3-6,8-9,13H,7,10H2,(H,17,18)/t13-/m1/s1. The Morgan fingerprint density at radius 1 is 1.45 bits per heavy atom. The van der Waals surface area contributed by atoms with Gasteiger partial charge < -0.3 is 10.1 Å². The molecule has 1 atom stereocenters. The van der Waals surface area contributed by atoms with E-state index in [2.05, 4.69) is 11.2 Å². The number of carbonyl (C=O) groups is 1. The van der Waals surface area contributed by atoms with Crippen LogP contribution in [0.15, 0.2) is 35.7 Å². The van der Waals surface area contributed by atoms with Crippen molar-refractivity contribution in [1.29, 1.82) is 0 Å². The van der Waals surface area contributed by atoms with E-state index in [-0.39, 0.29) is 18.4 Å². The maximum absolute atomic E-state index is 11.8. The summed E-state index contributed by atoms with van der Waals surface area (Å²) in [5.74, 6) is 3.33. The van der Waals surface area contributed by atoms with Gasteiger partial charge in [0.25, 0.3) is 0 Å². The normalized spacial score (nSPS) is 16.9. The average Bonchev–Trinajstić information content (AvgIpc) is 2.92. The van der Waals surface area contributed by atoms with Crippen molar-refractivity contribution < 1.29 is 9.53 Å². The molecule has 1 aromatic carbocycles. The molecule has 1 aliphatic rings. The van der Waals surface area contributed by atoms with Crippen LogP contribution in [-0.2, 0) is 4.79 Å². The molecule has 0 saturated carbocycles. The van der Waals surface area contributed by atoms with Gasteiger partial charge in [-0.05, 0) is 29.1 Å². The zero-order valence-electron chi connectivity index (χ0n) is 10.8. The van der Waals surface area contributed by atoms with Crippen molar-refractivity contribution in [3.05, 3.63) is 46.2 Å². The predicted molar refractivity (Wildman–Crippen MR) is 80.2 cm³/mol. The highest BCUT2D eigenvalue weighted by molar-refractivity contribution is 7.10. The number of carbonyl (C=O) groups excluding carboxylic acids is 1. The Morgan fingerprint density at radius 2 is 2.35 bits per heavy atom. The largest absolute Gasteiger partial charge is 0.481 e. The molecule has 3 nitrogen and oxygen atoms in total. The molecular weight excluding hydrogens is 270 g/mol. The summed E-state index contributed by atoms with van der Waals surface area (Å²) in [4.78, 5) is 13.0. The fraction of sp³-hybridized carbons (Fsp3) is 0.188. The summed E-state index contributed by atoms with van der Waals surface area (Å²) in [5, 5.41) is 4.90. The number of rotatable bonds is 3. The van der Waals surface area contributed by atoms with Crippen molar-refractivity contribution >= 4 is 22.9 Å². The van der Waals surface area contributed by atoms with Crippen LogP contribution < -0.4 is 10.1 Å². The van der Waals surface area contributed by atoms with E-state index in [1.807, 2.05) is 35.7 Å². The van der Waals surface area contributed by atoms with E-state index in [0.717, 1.165) is 17.0 Å². The van der Waals surface area contributed by atoms with Gasteiger partial charge in [0, 0.05) is 17.2 Å². The number of nitrogens with one attached hydrogen (secondary N) is 1. The fourth-order valence-corrected chi connectivity index (χ4v) is 3.37. The summed E-state index contributed by atoms with van der Waals surface area (Å²) in [6, 6.07) is 9.74. The van der Waals surface area contributed by atoms with Crippen molar-refractivity contribution in [2.24, 2.45) is 0 Å². The molecule has 0 aliphatic carbocycles. The Kier molecular flexibility index (Phi) is 3.44. The lowest BCUT2D eigenvalue weighted by Crippen LogP contribution is -2.21. The van der Waals surface area contributed by atoms with Crippen LogP contribution in [0, 0.1) is 12.3 Å². The third-order valence-electron chi connectivity index (χ3n) is 3.26. The van der Waals surface area contributed by atoms with Crippen molar-refractivity contribution in [2.45, 2.75) is 12.3 Å². The lowest BCUT2D eigenvalue weighted by molar-refractivity contribution is -0.116. The third kappa shape index (κ3) is 2.40. The first-order valence-electron chi connectivity index (χ1n) is 6.31. The van der Waals surface area contributed by atoms with Crippen LogP contribution in [0.25, 0.3) is 0 Å². The molecule has 0 saturated heterocycles. The first-order chi connectivity index (χ1) is 9.78. The lowest BCUT2D eigenvalue weighted by Gasteiger charge is -2.23. The molecule has 1 amide bonds. The molecule has 2 heterocycles. The number of hydrogen-bond donors (Lipinski definition) is 1. The van der Waals surface area contributed by atoms with Gasteiger partial charge in [-0.15, -0.1) is 17.8 Å². The second-order valence-electron chi connectivity index (χ2n) is 4.57. The number of anilines is 1. The molecule has 1 aliphatic heterocycles. The summed E-state index contributed by atoms with van der Waals surface area (Å²) >= 11 is 1.67. The molecular formula is C16H13NO2S. The number of benzene rings is 1. The highest BCUT2D eigenvalue weighted by Gasteiger charge is 2.27. The van der Waals surface area contributed by atoms with Gasteiger partial charge >= 0.3 is 0 Å². The average molecular weight is 283 g/mol. The molecule has 1 aromatic heterocycles. The van der Waals surface area contributed by atoms with Gasteiger partial charge in [-0.25, -0.2) is 0 Å². The van der Waals surface area contributed by atoms with Gasteiger partial charge in [0.15, 0.2) is 0 Å². The number of amides is 1. The molecule has 100 valence electrons. The minimum Gasteiger partial charge on any atom is -0.481 e. The monoisotopic (exact) mass is 283 g/mol. The Balaban J connectivity index is 1.94. The second-order valence-corrected chi connectivity index (χ2v) is 5.52. The molecule has 0 spiro atoms. The van der Waals surface area contributed by atoms with Crippen LogP contribution in [0.4, 0.5) is 5.69 Å². The number of terminal acetylenes is 1. The first-order valence-corrected chi connectivity index (χ1v) is 7.19. The Labute approximate surface area is 121 Å². The smallest absolute Gasteiger partial charge is 0.225 e. The van der Waals surface area contributed by atoms with Crippen molar-refractivity contribution in [2.75, 3.05) is 11.9 Å². The number of fused-ring (bicyclic) bond motifs is 1. The number of hydrogen-bond acceptors (Lipinski definition) is 3. The molecule has 4 heteroatoms. The van der Waals surface area contributed by atoms with Crippen LogP contribution in [0.2, 0.25) is 0 Å². The molecule has 2 aromatic rings.